The Bertz CT molecular complexity index is 2150. The number of carboxylic acids is 2. The average molecular weight is 848 g/mol. The van der Waals surface area contributed by atoms with Gasteiger partial charge in [0.25, 0.3) is 11.4 Å². The molecule has 6 N–H and O–H groups in total. The van der Waals surface area contributed by atoms with Gasteiger partial charge >= 0.3 is 96.4 Å². The van der Waals surface area contributed by atoms with Gasteiger partial charge in [0.15, 0.2) is 12.4 Å². The summed E-state index contributed by atoms with van der Waals surface area (Å²) >= 11 is 0. The molecule has 4 aliphatic heterocycles. The topological polar surface area (TPSA) is 287 Å². The van der Waals surface area contributed by atoms with Crippen LogP contribution in [0.1, 0.15) is 52.8 Å². The number of amides is 2. The van der Waals surface area contributed by atoms with Crippen molar-refractivity contribution in [2.24, 2.45) is 0 Å². The van der Waals surface area contributed by atoms with Crippen LogP contribution in [0.15, 0.2) is 73.1 Å². The van der Waals surface area contributed by atoms with Gasteiger partial charge < -0.3 is 69.3 Å². The summed E-state index contributed by atoms with van der Waals surface area (Å²) in [6, 6.07) is 15.3. The average Bonchev–Trinajstić information content (AvgIpc) is 3.13. The number of carboxylic acid groups (broad SMARTS) is 2. The van der Waals surface area contributed by atoms with Crippen LogP contribution in [-0.2, 0) is 12.8 Å². The largest absolute Gasteiger partial charge is 1.00 e. The fraction of sp³-hybridized carbons (Fsp3) is 0.278. The van der Waals surface area contributed by atoms with E-state index in [1.165, 1.54) is 58.6 Å². The van der Waals surface area contributed by atoms with Crippen molar-refractivity contribution in [1.82, 2.24) is 9.80 Å². The molecule has 0 spiro atoms. The summed E-state index contributed by atoms with van der Waals surface area (Å²) in [4.78, 5) is 51.1. The molecular weight excluding hydrogens is 812 g/mol. The minimum atomic E-state index is -3.12. The monoisotopic (exact) mass is 848 g/mol. The number of carbonyl (C=O) groups excluding carboxylic acids is 2. The molecule has 0 saturated carbocycles. The normalized spacial score (nSPS) is 17.1. The molecule has 4 aliphatic rings. The van der Waals surface area contributed by atoms with E-state index >= 15 is 0 Å². The third-order valence-corrected chi connectivity index (χ3v) is 9.97. The minimum absolute atomic E-state index is 0. The third-order valence-electron chi connectivity index (χ3n) is 9.97. The number of carbonyl (C=O) groups is 4. The predicted molar refractivity (Wildman–Crippen MR) is 197 cm³/mol. The number of aromatic carboxylic acids is 2. The summed E-state index contributed by atoms with van der Waals surface area (Å²) in [7, 11) is 0. The molecule has 24 heteroatoms. The van der Waals surface area contributed by atoms with Crippen LogP contribution in [0.4, 0.5) is 0 Å². The summed E-state index contributed by atoms with van der Waals surface area (Å²) in [5.74, 6) is -3.74. The Morgan fingerprint density at radius 3 is 1.32 bits per heavy atom. The number of nitrogens with zero attached hydrogens (tertiary/aromatic N) is 4. The molecule has 2 aromatic heterocycles. The fourth-order valence-corrected chi connectivity index (χ4v) is 6.89. The molecule has 6 heterocycles. The second kappa shape index (κ2) is 18.6. The number of hydrogen-bond acceptors (Lipinski definition) is 14. The fourth-order valence-electron chi connectivity index (χ4n) is 6.89. The number of benzene rings is 2. The molecule has 0 bridgehead atoms. The second-order valence-electron chi connectivity index (χ2n) is 14.2. The van der Waals surface area contributed by atoms with Crippen LogP contribution in [0.2, 0.25) is 12.6 Å². The van der Waals surface area contributed by atoms with Crippen molar-refractivity contribution in [1.29, 1.82) is 0 Å². The second-order valence-corrected chi connectivity index (χ2v) is 14.2. The Kier molecular flexibility index (Phi) is 14.4. The Balaban J connectivity index is 0.000000220. The van der Waals surface area contributed by atoms with E-state index in [9.17, 15) is 59.9 Å². The van der Waals surface area contributed by atoms with Crippen molar-refractivity contribution in [2.45, 2.75) is 37.7 Å². The van der Waals surface area contributed by atoms with Crippen LogP contribution in [-0.4, -0.2) is 116 Å². The van der Waals surface area contributed by atoms with E-state index < -0.39 is 49.5 Å². The molecule has 60 heavy (non-hydrogen) atoms. The molecule has 0 atom stereocenters. The van der Waals surface area contributed by atoms with E-state index in [1.807, 2.05) is 0 Å². The van der Waals surface area contributed by atoms with Gasteiger partial charge in [0.05, 0.1) is 37.7 Å². The van der Waals surface area contributed by atoms with E-state index in [2.05, 4.69) is 0 Å². The van der Waals surface area contributed by atoms with Crippen molar-refractivity contribution in [3.05, 3.63) is 117 Å². The molecule has 2 saturated heterocycles. The molecule has 2 fully saturated rings. The van der Waals surface area contributed by atoms with Gasteiger partial charge in [0.1, 0.15) is 34.8 Å². The molecule has 20 nitrogen and oxygen atoms in total. The molecule has 0 aliphatic carbocycles. The summed E-state index contributed by atoms with van der Waals surface area (Å²) in [5.41, 5.74) is 0.492. The molecule has 2 aromatic carbocycles. The Morgan fingerprint density at radius 1 is 0.617 bits per heavy atom. The molecule has 8 rings (SSSR count). The summed E-state index contributed by atoms with van der Waals surface area (Å²) < 4.78 is 22.7. The first-order valence-corrected chi connectivity index (χ1v) is 18.2. The third kappa shape index (κ3) is 9.94. The summed E-state index contributed by atoms with van der Waals surface area (Å²) in [5, 5.41) is 81.7. The van der Waals surface area contributed by atoms with Gasteiger partial charge in [-0.2, -0.15) is 9.46 Å². The van der Waals surface area contributed by atoms with Crippen molar-refractivity contribution >= 4 is 37.3 Å². The number of ether oxygens (including phenoxy) is 2. The minimum Gasteiger partial charge on any atom is -0.669 e. The number of hydrogen-bond donors (Lipinski definition) is 6. The van der Waals surface area contributed by atoms with E-state index in [4.69, 9.17) is 18.8 Å². The molecule has 2 amide bonds. The van der Waals surface area contributed by atoms with E-state index in [0.717, 1.165) is 0 Å². The Labute approximate surface area is 385 Å². The van der Waals surface area contributed by atoms with Crippen LogP contribution in [0.25, 0.3) is 0 Å². The number of pyridine rings is 2. The number of aryl methyl sites for hydroxylation is 2. The molecule has 0 unspecified atom stereocenters. The van der Waals surface area contributed by atoms with Crippen molar-refractivity contribution < 1.29 is 137 Å². The van der Waals surface area contributed by atoms with Crippen LogP contribution < -0.4 is 87.4 Å². The van der Waals surface area contributed by atoms with Gasteiger partial charge in [0.2, 0.25) is 0 Å². The molecular formula is C36H36B2N4Na2O16. The summed E-state index contributed by atoms with van der Waals surface area (Å²) in [6.45, 7) is -5.53. The predicted octanol–water partition coefficient (Wildman–Crippen LogP) is -6.43. The van der Waals surface area contributed by atoms with Gasteiger partial charge in [-0.1, -0.05) is 24.8 Å². The maximum absolute atomic E-state index is 12.4. The first-order chi connectivity index (χ1) is 27.5. The van der Waals surface area contributed by atoms with Crippen LogP contribution >= 0.6 is 0 Å². The number of likely N-dealkylation sites (tertiary alicyclic amines) is 2. The van der Waals surface area contributed by atoms with Gasteiger partial charge in [-0.15, -0.1) is 0 Å². The van der Waals surface area contributed by atoms with Crippen LogP contribution in [0.3, 0.4) is 0 Å². The van der Waals surface area contributed by atoms with Crippen LogP contribution in [0, 0.1) is 10.4 Å². The zero-order chi connectivity index (χ0) is 41.5. The zero-order valence-corrected chi connectivity index (χ0v) is 36.4. The SMILES string of the molecule is O=C(O)c1c(OC2CN(C(=O)c3cccc[n+]3[O-])C2)ccc2c1O[B-](O)(O)CC2.O=C(O)c1c(OC2CN(C(=O)c3cccc[n+]3[O-])C2)ccc2c1O[B-](O)(O)CC2.[Na+].[Na+]. The summed E-state index contributed by atoms with van der Waals surface area (Å²) in [6.07, 6.45) is 2.01. The van der Waals surface area contributed by atoms with Gasteiger partial charge in [0, 0.05) is 24.3 Å². The Morgan fingerprint density at radius 2 is 0.983 bits per heavy atom. The maximum atomic E-state index is 12.4. The van der Waals surface area contributed by atoms with Crippen molar-refractivity contribution in [3.63, 3.8) is 0 Å². The number of fused-ring (bicyclic) bond motifs is 2. The van der Waals surface area contributed by atoms with Gasteiger partial charge in [-0.05, 0) is 48.2 Å². The molecule has 4 aromatic rings. The van der Waals surface area contributed by atoms with E-state index in [-0.39, 0.29) is 156 Å². The number of rotatable bonds is 8. The van der Waals surface area contributed by atoms with Gasteiger partial charge in [-0.3, -0.25) is 9.59 Å². The van der Waals surface area contributed by atoms with E-state index in [0.29, 0.717) is 20.6 Å². The molecule has 0 radical (unpaired) electrons. The van der Waals surface area contributed by atoms with Crippen molar-refractivity contribution in [2.75, 3.05) is 26.2 Å². The van der Waals surface area contributed by atoms with Crippen molar-refractivity contribution in [3.8, 4) is 23.0 Å². The first kappa shape index (κ1) is 46.5. The standard InChI is InChI=1S/2C18H18BN2O8.2Na/c2*22-17(13-3-1-2-8-21(13)27)20-9-12(10-20)28-14-5-4-11-6-7-19(25,26)29-16(11)15(14)18(23)24;;/h2*1-5,8,12,25-26H,6-7,9-10H2,(H,23,24);;/q2*-1;2*+1. The van der Waals surface area contributed by atoms with Gasteiger partial charge in [-0.25, -0.2) is 9.59 Å². The Hall–Kier alpha value is -4.61. The quantitative estimate of drug-likeness (QED) is 0.0546. The number of aromatic nitrogens is 2. The smallest absolute Gasteiger partial charge is 0.669 e. The zero-order valence-electron chi connectivity index (χ0n) is 32.4. The van der Waals surface area contributed by atoms with Crippen LogP contribution in [0.5, 0.6) is 23.0 Å². The van der Waals surface area contributed by atoms with E-state index in [1.54, 1.807) is 24.3 Å². The first-order valence-electron chi connectivity index (χ1n) is 18.2. The maximum Gasteiger partial charge on any atom is 1.00 e. The molecule has 304 valence electrons.